The molecule has 104 valence electrons. The lowest BCUT2D eigenvalue weighted by atomic mass is 10.1. The molecule has 1 rings (SSSR count). The maximum Gasteiger partial charge on any atom is 0.337 e. The SMILES string of the molecule is CNC(=O)CS(=O)(=O)Cc1ccc(C(=O)OC)cc1. The first-order valence-corrected chi connectivity index (χ1v) is 7.28. The van der Waals surface area contributed by atoms with Crippen LogP contribution in [0.2, 0.25) is 0 Å². The van der Waals surface area contributed by atoms with Gasteiger partial charge >= 0.3 is 5.97 Å². The highest BCUT2D eigenvalue weighted by atomic mass is 32.2. The molecular weight excluding hydrogens is 270 g/mol. The van der Waals surface area contributed by atoms with Crippen molar-refractivity contribution in [2.24, 2.45) is 0 Å². The highest BCUT2D eigenvalue weighted by Gasteiger charge is 2.16. The molecule has 6 nitrogen and oxygen atoms in total. The fourth-order valence-electron chi connectivity index (χ4n) is 1.43. The van der Waals surface area contributed by atoms with Crippen LogP contribution in [-0.2, 0) is 25.1 Å². The Morgan fingerprint density at radius 1 is 1.21 bits per heavy atom. The van der Waals surface area contributed by atoms with E-state index in [0.29, 0.717) is 11.1 Å². The van der Waals surface area contributed by atoms with Crippen LogP contribution >= 0.6 is 0 Å². The van der Waals surface area contributed by atoms with Crippen LogP contribution in [0.4, 0.5) is 0 Å². The number of hydrogen-bond acceptors (Lipinski definition) is 5. The summed E-state index contributed by atoms with van der Waals surface area (Å²) in [5, 5.41) is 2.26. The smallest absolute Gasteiger partial charge is 0.337 e. The van der Waals surface area contributed by atoms with Crippen LogP contribution in [0.25, 0.3) is 0 Å². The van der Waals surface area contributed by atoms with Crippen LogP contribution in [-0.4, -0.2) is 40.2 Å². The number of rotatable bonds is 5. The predicted molar refractivity (Wildman–Crippen MR) is 69.3 cm³/mol. The Bertz CT molecular complexity index is 562. The second-order valence-corrected chi connectivity index (χ2v) is 5.96. The molecule has 0 aromatic heterocycles. The van der Waals surface area contributed by atoms with Gasteiger partial charge < -0.3 is 10.1 Å². The molecule has 0 atom stereocenters. The third kappa shape index (κ3) is 4.70. The standard InChI is InChI=1S/C12H15NO5S/c1-13-11(14)8-19(16,17)7-9-3-5-10(6-4-9)12(15)18-2/h3-6H,7-8H2,1-2H3,(H,13,14). The number of carbonyl (C=O) groups excluding carboxylic acids is 2. The topological polar surface area (TPSA) is 89.5 Å². The lowest BCUT2D eigenvalue weighted by Gasteiger charge is -2.05. The Morgan fingerprint density at radius 2 is 1.79 bits per heavy atom. The molecule has 0 fully saturated rings. The number of methoxy groups -OCH3 is 1. The van der Waals surface area contributed by atoms with Gasteiger partial charge in [0.1, 0.15) is 5.75 Å². The molecule has 1 aromatic carbocycles. The summed E-state index contributed by atoms with van der Waals surface area (Å²) in [6.07, 6.45) is 0. The highest BCUT2D eigenvalue weighted by molar-refractivity contribution is 7.91. The van der Waals surface area contributed by atoms with Gasteiger partial charge in [-0.25, -0.2) is 13.2 Å². The maximum atomic E-state index is 11.7. The van der Waals surface area contributed by atoms with Crippen LogP contribution in [0.15, 0.2) is 24.3 Å². The molecule has 0 saturated heterocycles. The molecular formula is C12H15NO5S. The first-order chi connectivity index (χ1) is 8.88. The molecule has 0 radical (unpaired) electrons. The van der Waals surface area contributed by atoms with E-state index >= 15 is 0 Å². The minimum Gasteiger partial charge on any atom is -0.465 e. The van der Waals surface area contributed by atoms with E-state index in [1.807, 2.05) is 0 Å². The number of ether oxygens (including phenoxy) is 1. The first kappa shape index (κ1) is 15.2. The van der Waals surface area contributed by atoms with E-state index in [2.05, 4.69) is 10.1 Å². The number of sulfone groups is 1. The lowest BCUT2D eigenvalue weighted by Crippen LogP contribution is -2.27. The predicted octanol–water partition coefficient (Wildman–Crippen LogP) is 0.134. The summed E-state index contributed by atoms with van der Waals surface area (Å²) in [7, 11) is -0.867. The summed E-state index contributed by atoms with van der Waals surface area (Å²) in [6.45, 7) is 0. The Labute approximate surface area is 111 Å². The summed E-state index contributed by atoms with van der Waals surface area (Å²) in [5.41, 5.74) is 0.853. The lowest BCUT2D eigenvalue weighted by molar-refractivity contribution is -0.118. The first-order valence-electron chi connectivity index (χ1n) is 5.46. The van der Waals surface area contributed by atoms with Crippen molar-refractivity contribution < 1.29 is 22.7 Å². The fraction of sp³-hybridized carbons (Fsp3) is 0.333. The number of benzene rings is 1. The average Bonchev–Trinajstić information content (AvgIpc) is 2.37. The maximum absolute atomic E-state index is 11.7. The van der Waals surface area contributed by atoms with Gasteiger partial charge in [-0.15, -0.1) is 0 Å². The van der Waals surface area contributed by atoms with Crippen molar-refractivity contribution in [3.63, 3.8) is 0 Å². The molecule has 0 aliphatic heterocycles. The summed E-state index contributed by atoms with van der Waals surface area (Å²) < 4.78 is 27.9. The normalized spacial score (nSPS) is 10.8. The third-order valence-corrected chi connectivity index (χ3v) is 3.87. The summed E-state index contributed by atoms with van der Waals surface area (Å²) >= 11 is 0. The van der Waals surface area contributed by atoms with Crippen molar-refractivity contribution in [1.82, 2.24) is 5.32 Å². The molecule has 0 heterocycles. The van der Waals surface area contributed by atoms with Gasteiger partial charge in [-0.05, 0) is 17.7 Å². The van der Waals surface area contributed by atoms with Gasteiger partial charge in [0.25, 0.3) is 0 Å². The van der Waals surface area contributed by atoms with Gasteiger partial charge in [0.2, 0.25) is 5.91 Å². The van der Waals surface area contributed by atoms with Gasteiger partial charge in [0.05, 0.1) is 18.4 Å². The van der Waals surface area contributed by atoms with Crippen LogP contribution < -0.4 is 5.32 Å². The van der Waals surface area contributed by atoms with Crippen LogP contribution in [0.3, 0.4) is 0 Å². The zero-order valence-corrected chi connectivity index (χ0v) is 11.5. The molecule has 0 spiro atoms. The van der Waals surface area contributed by atoms with Gasteiger partial charge in [0.15, 0.2) is 9.84 Å². The summed E-state index contributed by atoms with van der Waals surface area (Å²) in [6, 6.07) is 6.01. The molecule has 0 aliphatic rings. The number of amides is 1. The largest absolute Gasteiger partial charge is 0.465 e. The van der Waals surface area contributed by atoms with Crippen molar-refractivity contribution in [2.75, 3.05) is 19.9 Å². The number of hydrogen-bond donors (Lipinski definition) is 1. The Balaban J connectivity index is 2.78. The van der Waals surface area contributed by atoms with E-state index in [9.17, 15) is 18.0 Å². The summed E-state index contributed by atoms with van der Waals surface area (Å²) in [4.78, 5) is 22.2. The third-order valence-electron chi connectivity index (χ3n) is 2.39. The van der Waals surface area contributed by atoms with E-state index in [1.54, 1.807) is 0 Å². The van der Waals surface area contributed by atoms with Gasteiger partial charge in [0, 0.05) is 7.05 Å². The quantitative estimate of drug-likeness (QED) is 0.777. The highest BCUT2D eigenvalue weighted by Crippen LogP contribution is 2.10. The Morgan fingerprint density at radius 3 is 2.26 bits per heavy atom. The Hall–Kier alpha value is -1.89. The zero-order valence-electron chi connectivity index (χ0n) is 10.7. The van der Waals surface area contributed by atoms with E-state index < -0.39 is 27.5 Å². The van der Waals surface area contributed by atoms with Crippen molar-refractivity contribution >= 4 is 21.7 Å². The fourth-order valence-corrected chi connectivity index (χ4v) is 2.78. The van der Waals surface area contributed by atoms with Crippen molar-refractivity contribution in [3.05, 3.63) is 35.4 Å². The minimum absolute atomic E-state index is 0.248. The number of esters is 1. The number of carbonyl (C=O) groups is 2. The second kappa shape index (κ2) is 6.33. The molecule has 19 heavy (non-hydrogen) atoms. The molecule has 0 aliphatic carbocycles. The average molecular weight is 285 g/mol. The van der Waals surface area contributed by atoms with Gasteiger partial charge in [-0.2, -0.15) is 0 Å². The molecule has 0 saturated carbocycles. The van der Waals surface area contributed by atoms with Crippen LogP contribution in [0.1, 0.15) is 15.9 Å². The molecule has 0 bridgehead atoms. The van der Waals surface area contributed by atoms with E-state index in [-0.39, 0.29) is 5.75 Å². The van der Waals surface area contributed by atoms with E-state index in [1.165, 1.54) is 38.4 Å². The van der Waals surface area contributed by atoms with Crippen molar-refractivity contribution in [3.8, 4) is 0 Å². The molecule has 1 aromatic rings. The van der Waals surface area contributed by atoms with Crippen molar-refractivity contribution in [2.45, 2.75) is 5.75 Å². The molecule has 7 heteroatoms. The van der Waals surface area contributed by atoms with E-state index in [0.717, 1.165) is 0 Å². The van der Waals surface area contributed by atoms with Crippen molar-refractivity contribution in [1.29, 1.82) is 0 Å². The Kier molecular flexibility index (Phi) is 5.05. The summed E-state index contributed by atoms with van der Waals surface area (Å²) in [5.74, 6) is -1.84. The van der Waals surface area contributed by atoms with Crippen LogP contribution in [0, 0.1) is 0 Å². The monoisotopic (exact) mass is 285 g/mol. The molecule has 1 N–H and O–H groups in total. The zero-order chi connectivity index (χ0) is 14.5. The molecule has 0 unspecified atom stereocenters. The van der Waals surface area contributed by atoms with Gasteiger partial charge in [-0.3, -0.25) is 4.79 Å². The van der Waals surface area contributed by atoms with Crippen LogP contribution in [0.5, 0.6) is 0 Å². The van der Waals surface area contributed by atoms with E-state index in [4.69, 9.17) is 0 Å². The van der Waals surface area contributed by atoms with Gasteiger partial charge in [-0.1, -0.05) is 12.1 Å². The number of nitrogens with one attached hydrogen (secondary N) is 1. The minimum atomic E-state index is -3.51. The molecule has 1 amide bonds. The second-order valence-electron chi connectivity index (χ2n) is 3.89.